The van der Waals surface area contributed by atoms with Crippen LogP contribution in [-0.2, 0) is 0 Å². The Balaban J connectivity index is 0.000000104. The molecule has 11 heterocycles. The van der Waals surface area contributed by atoms with E-state index in [2.05, 4.69) is 447 Å². The number of para-hydroxylation sites is 5. The van der Waals surface area contributed by atoms with E-state index >= 15 is 0 Å². The largest absolute Gasteiger partial charge is 0.309 e. The maximum Gasteiger partial charge on any atom is 0.162 e. The third-order valence-corrected chi connectivity index (χ3v) is 32.1. The molecule has 0 saturated heterocycles. The van der Waals surface area contributed by atoms with Gasteiger partial charge in [-0.2, -0.15) is 0 Å². The first-order valence-corrected chi connectivity index (χ1v) is 51.6. The number of thiophene rings is 3. The van der Waals surface area contributed by atoms with Crippen LogP contribution in [0.5, 0.6) is 0 Å². The number of fused-ring (bicyclic) bond motifs is 27. The van der Waals surface area contributed by atoms with Crippen LogP contribution >= 0.6 is 34.0 Å². The minimum atomic E-state index is 0.697. The van der Waals surface area contributed by atoms with Gasteiger partial charge in [0.25, 0.3) is 0 Å². The maximum atomic E-state index is 5.38. The molecule has 146 heavy (non-hydrogen) atoms. The molecule has 0 saturated carbocycles. The van der Waals surface area contributed by atoms with Gasteiger partial charge in [-0.1, -0.05) is 370 Å². The summed E-state index contributed by atoms with van der Waals surface area (Å²) in [7, 11) is 0. The number of nitrogens with zero attached hydrogens (tertiary/aromatic N) is 11. The third kappa shape index (κ3) is 14.0. The van der Waals surface area contributed by atoms with Crippen molar-refractivity contribution in [3.05, 3.63) is 491 Å². The van der Waals surface area contributed by atoms with E-state index in [4.69, 9.17) is 29.9 Å². The molecule has 20 aromatic carbocycles. The molecule has 0 aliphatic heterocycles. The molecule has 14 heteroatoms. The smallest absolute Gasteiger partial charge is 0.162 e. The molecule has 11 aromatic heterocycles. The van der Waals surface area contributed by atoms with Gasteiger partial charge < -0.3 is 9.13 Å². The summed E-state index contributed by atoms with van der Waals surface area (Å²) in [4.78, 5) is 31.4. The van der Waals surface area contributed by atoms with Crippen molar-refractivity contribution in [2.75, 3.05) is 0 Å². The van der Waals surface area contributed by atoms with E-state index in [-0.39, 0.29) is 0 Å². The second kappa shape index (κ2) is 34.6. The Kier molecular flexibility index (Phi) is 20.0. The van der Waals surface area contributed by atoms with Crippen molar-refractivity contribution >= 4 is 204 Å². The quantitative estimate of drug-likeness (QED) is 0.121. The molecule has 0 N–H and O–H groups in total. The molecule has 0 radical (unpaired) electrons. The van der Waals surface area contributed by atoms with Gasteiger partial charge in [-0.05, 0) is 114 Å². The molecule has 682 valence electrons. The number of hydrogen-bond donors (Lipinski definition) is 0. The molecule has 0 amide bonds. The molecule has 0 aliphatic carbocycles. The highest BCUT2D eigenvalue weighted by Crippen LogP contribution is 2.50. The monoisotopic (exact) mass is 1920 g/mol. The number of benzene rings is 20. The molecule has 0 fully saturated rings. The minimum absolute atomic E-state index is 0.697. The summed E-state index contributed by atoms with van der Waals surface area (Å²) < 4.78 is 19.6. The van der Waals surface area contributed by atoms with E-state index in [0.717, 1.165) is 112 Å². The molecule has 0 unspecified atom stereocenters. The molecule has 31 rings (SSSR count). The Morgan fingerprint density at radius 1 is 0.144 bits per heavy atom. The summed E-state index contributed by atoms with van der Waals surface area (Å²) in [5.41, 5.74) is 25.0. The molecule has 0 aliphatic rings. The standard InChI is InChI=1S/2C46H28N4S.C40H25N3S/c1-3-13-29(14-4-1)37-28-43(48-46(47-37)30-15-5-2-6-16-30)50-40-25-23-31(49-38-20-10-7-17-32(38)33-18-8-11-21-39(33)49)27-36(40)34-24-26-42-44(45(34)50)35-19-9-12-22-41(35)51-42;1-3-13-29(14-4-1)37-28-43(48-46(47-37)30-15-5-2-6-16-30)50-40-27-31(49-38-20-10-7-17-32(38)33-18-8-11-21-39(33)49)23-24-34(40)35-25-26-42-44(45(35)50)36-19-9-12-22-41(36)51-42;1-3-12-26(13-4-1)28-16-11-17-29(24-28)33-25-37(42-40(41-33)27-14-5-2-6-15-27)43-34-20-9-7-18-30(34)31-22-23-36-38(39(31)43)32-19-8-10-21-35(32)44-36/h2*1-28H;1-25H. The first kappa shape index (κ1) is 84.2. The highest BCUT2D eigenvalue weighted by atomic mass is 32.1. The van der Waals surface area contributed by atoms with Crippen molar-refractivity contribution in [1.82, 2.24) is 52.7 Å². The summed E-state index contributed by atoms with van der Waals surface area (Å²) in [5.74, 6) is 4.64. The predicted molar refractivity (Wildman–Crippen MR) is 615 cm³/mol. The van der Waals surface area contributed by atoms with Gasteiger partial charge in [0.2, 0.25) is 0 Å². The zero-order chi connectivity index (χ0) is 96.0. The second-order valence-electron chi connectivity index (χ2n) is 37.0. The van der Waals surface area contributed by atoms with Crippen LogP contribution in [0.25, 0.3) is 277 Å². The molecular weight excluding hydrogens is 1840 g/mol. The summed E-state index contributed by atoms with van der Waals surface area (Å²) in [6.07, 6.45) is 0. The average molecular weight is 1920 g/mol. The fourth-order valence-corrected chi connectivity index (χ4v) is 25.5. The zero-order valence-corrected chi connectivity index (χ0v) is 80.9. The lowest BCUT2D eigenvalue weighted by molar-refractivity contribution is 1.05. The van der Waals surface area contributed by atoms with Crippen LogP contribution in [0.1, 0.15) is 0 Å². The molecule has 0 spiro atoms. The summed E-state index contributed by atoms with van der Waals surface area (Å²) in [6, 6.07) is 175. The average Bonchev–Trinajstić information content (AvgIpc) is 1.55. The summed E-state index contributed by atoms with van der Waals surface area (Å²) >= 11 is 5.53. The topological polar surface area (TPSA) is 102 Å². The Morgan fingerprint density at radius 3 is 0.801 bits per heavy atom. The SMILES string of the molecule is c1ccc(-c2cc(-n3c4cc(-n5c6ccccc6c6ccccc65)ccc4c4ccc5sc6ccccc6c5c43)nc(-c3ccccc3)n2)cc1.c1ccc(-c2cc(-n3c4ccc(-n5c6ccccc6c6ccccc65)cc4c4ccc5sc6ccccc6c5c43)nc(-c3ccccc3)n2)cc1.c1ccc(-c2cccc(-c3cc(-n4c5ccccc5c5ccc6sc7ccccc7c6c54)nc(-c4ccccc4)n3)c2)cc1. The number of rotatable bonds is 12. The molecule has 0 bridgehead atoms. The van der Waals surface area contributed by atoms with Gasteiger partial charge in [0.15, 0.2) is 17.5 Å². The molecule has 31 aromatic rings. The van der Waals surface area contributed by atoms with Gasteiger partial charge in [-0.15, -0.1) is 34.0 Å². The lowest BCUT2D eigenvalue weighted by Crippen LogP contribution is -2.03. The van der Waals surface area contributed by atoms with Gasteiger partial charge in [-0.3, -0.25) is 13.7 Å². The van der Waals surface area contributed by atoms with Gasteiger partial charge in [0.1, 0.15) is 17.5 Å². The van der Waals surface area contributed by atoms with Crippen LogP contribution < -0.4 is 0 Å². The van der Waals surface area contributed by atoms with Crippen molar-refractivity contribution in [2.45, 2.75) is 0 Å². The van der Waals surface area contributed by atoms with E-state index in [0.29, 0.717) is 17.5 Å². The highest BCUT2D eigenvalue weighted by molar-refractivity contribution is 7.27. The highest BCUT2D eigenvalue weighted by Gasteiger charge is 2.28. The normalized spacial score (nSPS) is 11.8. The van der Waals surface area contributed by atoms with Crippen molar-refractivity contribution in [3.8, 4) is 108 Å². The Labute approximate surface area is 848 Å². The van der Waals surface area contributed by atoms with Gasteiger partial charge in [0, 0.05) is 177 Å². The van der Waals surface area contributed by atoms with E-state index in [1.165, 1.54) is 148 Å². The number of hydrogen-bond acceptors (Lipinski definition) is 9. The third-order valence-electron chi connectivity index (χ3n) is 28.7. The predicted octanol–water partition coefficient (Wildman–Crippen LogP) is 35.7. The van der Waals surface area contributed by atoms with Gasteiger partial charge in [-0.25, -0.2) is 29.9 Å². The Bertz CT molecular complexity index is 10400. The summed E-state index contributed by atoms with van der Waals surface area (Å²) in [5, 5.41) is 19.8. The first-order chi connectivity index (χ1) is 72.4. The lowest BCUT2D eigenvalue weighted by Gasteiger charge is -2.14. The van der Waals surface area contributed by atoms with E-state index in [1.54, 1.807) is 0 Å². The van der Waals surface area contributed by atoms with E-state index in [9.17, 15) is 0 Å². The van der Waals surface area contributed by atoms with Crippen LogP contribution in [0, 0.1) is 0 Å². The van der Waals surface area contributed by atoms with Gasteiger partial charge in [0.05, 0.1) is 72.2 Å². The lowest BCUT2D eigenvalue weighted by atomic mass is 10.0. The summed E-state index contributed by atoms with van der Waals surface area (Å²) in [6.45, 7) is 0. The van der Waals surface area contributed by atoms with E-state index < -0.39 is 0 Å². The molecule has 0 atom stereocenters. The van der Waals surface area contributed by atoms with Gasteiger partial charge >= 0.3 is 0 Å². The molecule has 11 nitrogen and oxygen atoms in total. The van der Waals surface area contributed by atoms with Crippen LogP contribution in [0.15, 0.2) is 491 Å². The van der Waals surface area contributed by atoms with Crippen molar-refractivity contribution in [3.63, 3.8) is 0 Å². The fraction of sp³-hybridized carbons (Fsp3) is 0. The first-order valence-electron chi connectivity index (χ1n) is 49.1. The Morgan fingerprint density at radius 2 is 0.411 bits per heavy atom. The van der Waals surface area contributed by atoms with Crippen LogP contribution in [0.4, 0.5) is 0 Å². The minimum Gasteiger partial charge on any atom is -0.309 e. The maximum absolute atomic E-state index is 5.38. The van der Waals surface area contributed by atoms with Crippen molar-refractivity contribution in [2.24, 2.45) is 0 Å². The number of aromatic nitrogens is 11. The van der Waals surface area contributed by atoms with Crippen molar-refractivity contribution < 1.29 is 0 Å². The Hall–Kier alpha value is -18.7. The van der Waals surface area contributed by atoms with Crippen LogP contribution in [0.2, 0.25) is 0 Å². The fourth-order valence-electron chi connectivity index (χ4n) is 22.2. The van der Waals surface area contributed by atoms with Crippen LogP contribution in [0.3, 0.4) is 0 Å². The molecular formula is C132H81N11S3. The van der Waals surface area contributed by atoms with Crippen LogP contribution in [-0.4, -0.2) is 52.7 Å². The van der Waals surface area contributed by atoms with Crippen molar-refractivity contribution in [1.29, 1.82) is 0 Å². The van der Waals surface area contributed by atoms with E-state index in [1.807, 2.05) is 101 Å². The zero-order valence-electron chi connectivity index (χ0n) is 78.4. The second-order valence-corrected chi connectivity index (χ2v) is 40.3.